The number of carbonyl (C=O) groups is 1. The normalized spacial score (nSPS) is 20.0. The Labute approximate surface area is 220 Å². The number of methoxy groups -OCH3 is 2. The lowest BCUT2D eigenvalue weighted by atomic mass is 9.74. The van der Waals surface area contributed by atoms with Crippen LogP contribution >= 0.6 is 0 Å². The molecule has 1 fully saturated rings. The Morgan fingerprint density at radius 2 is 1.87 bits per heavy atom. The molecule has 0 spiro atoms. The van der Waals surface area contributed by atoms with Crippen molar-refractivity contribution < 1.29 is 32.2 Å². The first kappa shape index (κ1) is 27.6. The van der Waals surface area contributed by atoms with Gasteiger partial charge in [0.1, 0.15) is 11.5 Å². The fourth-order valence-electron chi connectivity index (χ4n) is 5.46. The van der Waals surface area contributed by atoms with E-state index in [1.54, 1.807) is 7.11 Å². The lowest BCUT2D eigenvalue weighted by Gasteiger charge is -2.39. The lowest BCUT2D eigenvalue weighted by Crippen LogP contribution is -2.30. The molecule has 1 heterocycles. The molecule has 2 aromatic carbocycles. The van der Waals surface area contributed by atoms with Gasteiger partial charge in [0, 0.05) is 23.4 Å². The van der Waals surface area contributed by atoms with E-state index < -0.39 is 6.36 Å². The van der Waals surface area contributed by atoms with Gasteiger partial charge in [-0.2, -0.15) is 0 Å². The minimum Gasteiger partial charge on any atom is -0.496 e. The minimum atomic E-state index is -4.76. The van der Waals surface area contributed by atoms with Gasteiger partial charge >= 0.3 is 12.3 Å². The van der Waals surface area contributed by atoms with Crippen molar-refractivity contribution in [2.45, 2.75) is 58.9 Å². The highest BCUT2D eigenvalue weighted by Gasteiger charge is 2.35. The van der Waals surface area contributed by atoms with E-state index in [1.807, 2.05) is 12.1 Å². The summed E-state index contributed by atoms with van der Waals surface area (Å²) in [6.45, 7) is 6.72. The number of esters is 1. The van der Waals surface area contributed by atoms with Gasteiger partial charge in [-0.1, -0.05) is 27.2 Å². The van der Waals surface area contributed by atoms with Crippen molar-refractivity contribution in [3.63, 3.8) is 0 Å². The number of fused-ring (bicyclic) bond motifs is 1. The summed E-state index contributed by atoms with van der Waals surface area (Å²) in [6, 6.07) is 9.47. The van der Waals surface area contributed by atoms with Crippen LogP contribution in [0.3, 0.4) is 0 Å². The van der Waals surface area contributed by atoms with Crippen molar-refractivity contribution >= 4 is 28.6 Å². The maximum atomic E-state index is 12.6. The number of carbonyl (C=O) groups excluding carboxylic acids is 1. The molecule has 7 nitrogen and oxygen atoms in total. The van der Waals surface area contributed by atoms with E-state index in [1.165, 1.54) is 31.4 Å². The second-order valence-electron chi connectivity index (χ2n) is 10.3. The monoisotopic (exact) mass is 533 g/mol. The molecule has 0 radical (unpaired) electrons. The number of hydrogen-bond donors (Lipinski definition) is 1. The zero-order chi connectivity index (χ0) is 27.6. The van der Waals surface area contributed by atoms with Crippen LogP contribution < -0.4 is 14.8 Å². The number of hydrogen-bond acceptors (Lipinski definition) is 6. The van der Waals surface area contributed by atoms with Crippen molar-refractivity contribution in [1.29, 1.82) is 0 Å². The molecular formula is C28H34F3N3O4. The van der Waals surface area contributed by atoms with Gasteiger partial charge in [0.05, 0.1) is 31.7 Å². The second kappa shape index (κ2) is 11.1. The quantitative estimate of drug-likeness (QED) is 0.313. The van der Waals surface area contributed by atoms with E-state index in [9.17, 15) is 18.0 Å². The van der Waals surface area contributed by atoms with Crippen molar-refractivity contribution in [3.8, 4) is 11.5 Å². The summed E-state index contributed by atoms with van der Waals surface area (Å²) in [7, 11) is 2.90. The number of nitrogens with one attached hydrogen (secondary N) is 1. The molecular weight excluding hydrogens is 499 g/mol. The molecule has 0 aliphatic heterocycles. The second-order valence-corrected chi connectivity index (χ2v) is 10.3. The van der Waals surface area contributed by atoms with Crippen molar-refractivity contribution in [3.05, 3.63) is 42.0 Å². The third-order valence-corrected chi connectivity index (χ3v) is 7.32. The van der Waals surface area contributed by atoms with Crippen molar-refractivity contribution in [2.24, 2.45) is 17.8 Å². The molecule has 206 valence electrons. The number of rotatable bonds is 8. The number of imidazole rings is 1. The number of nitrogens with zero attached hydrogens (tertiary/aromatic N) is 2. The molecule has 0 amide bonds. The molecule has 3 aromatic rings. The molecule has 0 unspecified atom stereocenters. The average Bonchev–Trinajstić information content (AvgIpc) is 3.19. The van der Waals surface area contributed by atoms with Crippen LogP contribution in [0.1, 0.15) is 51.6 Å². The van der Waals surface area contributed by atoms with Gasteiger partial charge in [0.25, 0.3) is 0 Å². The smallest absolute Gasteiger partial charge is 0.496 e. The third-order valence-electron chi connectivity index (χ3n) is 7.32. The molecule has 10 heteroatoms. The van der Waals surface area contributed by atoms with Crippen molar-refractivity contribution in [2.75, 3.05) is 19.5 Å². The summed E-state index contributed by atoms with van der Waals surface area (Å²) in [6.07, 6.45) is -1.51. The first-order chi connectivity index (χ1) is 18.0. The summed E-state index contributed by atoms with van der Waals surface area (Å²) >= 11 is 0. The predicted molar refractivity (Wildman–Crippen MR) is 139 cm³/mol. The van der Waals surface area contributed by atoms with E-state index in [2.05, 4.69) is 35.4 Å². The highest BCUT2D eigenvalue weighted by Crippen LogP contribution is 2.45. The van der Waals surface area contributed by atoms with Crippen LogP contribution in [-0.2, 0) is 16.0 Å². The zero-order valence-electron chi connectivity index (χ0n) is 22.3. The molecule has 1 aliphatic rings. The molecule has 1 aromatic heterocycles. The Morgan fingerprint density at radius 3 is 2.47 bits per heavy atom. The standard InChI is InChI=1S/C28H34F3N3O4/c1-16(2)21-11-6-17(3)12-23(21)34-24-15-25(36-4)18(14-26(35)37-5)13-22(24)33-27(34)32-19-7-9-20(10-8-19)38-28(29,30)31/h7-10,13,15-17,21,23H,6,11-12,14H2,1-5H3,(H,32,33)/t17-,21-,23-/m1/s1. The van der Waals surface area contributed by atoms with E-state index in [4.69, 9.17) is 14.5 Å². The van der Waals surface area contributed by atoms with Crippen LogP contribution in [0.5, 0.6) is 11.5 Å². The zero-order valence-corrected chi connectivity index (χ0v) is 22.3. The number of halogens is 3. The number of anilines is 2. The van der Waals surface area contributed by atoms with E-state index in [0.717, 1.165) is 24.8 Å². The Morgan fingerprint density at radius 1 is 1.16 bits per heavy atom. The number of ether oxygens (including phenoxy) is 3. The summed E-state index contributed by atoms with van der Waals surface area (Å²) < 4.78 is 54.5. The average molecular weight is 534 g/mol. The fourth-order valence-corrected chi connectivity index (χ4v) is 5.46. The first-order valence-corrected chi connectivity index (χ1v) is 12.8. The van der Waals surface area contributed by atoms with Gasteiger partial charge in [0.15, 0.2) is 0 Å². The maximum Gasteiger partial charge on any atom is 0.573 e. The van der Waals surface area contributed by atoms with E-state index in [0.29, 0.717) is 46.2 Å². The molecule has 0 bridgehead atoms. The van der Waals surface area contributed by atoms with Gasteiger partial charge in [-0.15, -0.1) is 13.2 Å². The number of alkyl halides is 3. The van der Waals surface area contributed by atoms with Gasteiger partial charge in [0.2, 0.25) is 5.95 Å². The number of benzene rings is 2. The molecule has 3 atom stereocenters. The van der Waals surface area contributed by atoms with Gasteiger partial charge in [-0.25, -0.2) is 4.98 Å². The number of aromatic nitrogens is 2. The summed E-state index contributed by atoms with van der Waals surface area (Å²) in [5, 5.41) is 3.32. The van der Waals surface area contributed by atoms with E-state index in [-0.39, 0.29) is 24.2 Å². The first-order valence-electron chi connectivity index (χ1n) is 12.8. The molecule has 1 N–H and O–H groups in total. The van der Waals surface area contributed by atoms with Gasteiger partial charge < -0.3 is 24.1 Å². The highest BCUT2D eigenvalue weighted by atomic mass is 19.4. The SMILES string of the molecule is COC(=O)Cc1cc2nc(Nc3ccc(OC(F)(F)F)cc3)n([C@@H]3C[C@H](C)CC[C@@H]3C(C)C)c2cc1OC. The summed E-state index contributed by atoms with van der Waals surface area (Å²) in [5.74, 6) is 1.84. The molecule has 38 heavy (non-hydrogen) atoms. The Balaban J connectivity index is 1.81. The lowest BCUT2D eigenvalue weighted by molar-refractivity contribution is -0.274. The fraction of sp³-hybridized carbons (Fsp3) is 0.500. The predicted octanol–water partition coefficient (Wildman–Crippen LogP) is 7.04. The molecule has 4 rings (SSSR count). The highest BCUT2D eigenvalue weighted by molar-refractivity contribution is 5.85. The Bertz CT molecular complexity index is 1270. The Hall–Kier alpha value is -3.43. The van der Waals surface area contributed by atoms with Gasteiger partial charge in [-0.05, 0) is 60.9 Å². The van der Waals surface area contributed by atoms with E-state index >= 15 is 0 Å². The van der Waals surface area contributed by atoms with Crippen LogP contribution in [0.25, 0.3) is 11.0 Å². The summed E-state index contributed by atoms with van der Waals surface area (Å²) in [4.78, 5) is 16.9. The minimum absolute atomic E-state index is 0.0426. The summed E-state index contributed by atoms with van der Waals surface area (Å²) in [5.41, 5.74) is 2.78. The molecule has 1 aliphatic carbocycles. The maximum absolute atomic E-state index is 12.6. The van der Waals surface area contributed by atoms with Crippen LogP contribution in [0.2, 0.25) is 0 Å². The largest absolute Gasteiger partial charge is 0.573 e. The van der Waals surface area contributed by atoms with Crippen molar-refractivity contribution in [1.82, 2.24) is 9.55 Å². The molecule has 0 saturated heterocycles. The van der Waals surface area contributed by atoms with Gasteiger partial charge in [-0.3, -0.25) is 4.79 Å². The topological polar surface area (TPSA) is 74.6 Å². The van der Waals surface area contributed by atoms with Crippen LogP contribution in [0, 0.1) is 17.8 Å². The van der Waals surface area contributed by atoms with Crippen LogP contribution in [0.15, 0.2) is 36.4 Å². The third kappa shape index (κ3) is 6.16. The van der Waals surface area contributed by atoms with Crippen LogP contribution in [-0.4, -0.2) is 36.1 Å². The van der Waals surface area contributed by atoms with Crippen LogP contribution in [0.4, 0.5) is 24.8 Å². The molecule has 1 saturated carbocycles. The Kier molecular flexibility index (Phi) is 8.08.